The number of nitrogens with one attached hydrogen (secondary N) is 1. The lowest BCUT2D eigenvalue weighted by Gasteiger charge is -2.29. The van der Waals surface area contributed by atoms with Crippen molar-refractivity contribution in [3.63, 3.8) is 0 Å². The molecule has 1 aliphatic rings. The maximum Gasteiger partial charge on any atom is 0.224 e. The molecular weight excluding hydrogens is 431 g/mol. The summed E-state index contributed by atoms with van der Waals surface area (Å²) < 4.78 is 19.4. The summed E-state index contributed by atoms with van der Waals surface area (Å²) in [5, 5.41) is 2.33. The number of rotatable bonds is 6. The second kappa shape index (κ2) is 9.06. The Balaban J connectivity index is 1.57. The molecule has 0 radical (unpaired) electrons. The number of ether oxygens (including phenoxy) is 1. The number of nitrogens with zero attached hydrogens (tertiary/aromatic N) is 3. The molecule has 0 saturated heterocycles. The third-order valence-electron chi connectivity index (χ3n) is 6.60. The van der Waals surface area contributed by atoms with Crippen LogP contribution in [0.5, 0.6) is 5.75 Å². The molecule has 4 aromatic rings. The molecule has 2 aromatic carbocycles. The highest BCUT2D eigenvalue weighted by Gasteiger charge is 2.26. The van der Waals surface area contributed by atoms with Gasteiger partial charge >= 0.3 is 0 Å². The average Bonchev–Trinajstić information content (AvgIpc) is 3.22. The van der Waals surface area contributed by atoms with Crippen LogP contribution < -0.4 is 4.74 Å². The number of halogens is 1. The topological polar surface area (TPSA) is 61.5 Å². The lowest BCUT2D eigenvalue weighted by molar-refractivity contribution is -0.132. The minimum atomic E-state index is -0.386. The number of benzene rings is 2. The molecule has 2 aromatic heterocycles. The normalized spacial score (nSPS) is 13.6. The van der Waals surface area contributed by atoms with E-state index in [0.717, 1.165) is 46.3 Å². The van der Waals surface area contributed by atoms with Gasteiger partial charge in [-0.15, -0.1) is 0 Å². The first-order chi connectivity index (χ1) is 16.4. The molecular formula is C27H29FN4O2. The molecule has 176 valence electrons. The largest absolute Gasteiger partial charge is 0.494 e. The molecule has 5 rings (SSSR count). The van der Waals surface area contributed by atoms with E-state index in [1.807, 2.05) is 42.1 Å². The summed E-state index contributed by atoms with van der Waals surface area (Å²) in [6.45, 7) is 1.92. The van der Waals surface area contributed by atoms with Gasteiger partial charge in [-0.1, -0.05) is 24.3 Å². The number of methoxy groups -OCH3 is 1. The van der Waals surface area contributed by atoms with Crippen molar-refractivity contribution in [2.45, 2.75) is 25.8 Å². The van der Waals surface area contributed by atoms with Crippen molar-refractivity contribution in [3.8, 4) is 5.75 Å². The Bertz CT molecular complexity index is 1380. The third kappa shape index (κ3) is 4.12. The highest BCUT2D eigenvalue weighted by Crippen LogP contribution is 2.35. The van der Waals surface area contributed by atoms with Crippen molar-refractivity contribution in [2.24, 2.45) is 0 Å². The first-order valence-electron chi connectivity index (χ1n) is 11.6. The maximum atomic E-state index is 14.4. The summed E-state index contributed by atoms with van der Waals surface area (Å²) in [5.74, 6) is -0.00717. The van der Waals surface area contributed by atoms with Crippen molar-refractivity contribution >= 4 is 27.7 Å². The minimum Gasteiger partial charge on any atom is -0.494 e. The van der Waals surface area contributed by atoms with Crippen LogP contribution in [0.2, 0.25) is 0 Å². The van der Waals surface area contributed by atoms with Gasteiger partial charge in [0.2, 0.25) is 5.91 Å². The van der Waals surface area contributed by atoms with Gasteiger partial charge in [0.15, 0.2) is 11.6 Å². The summed E-state index contributed by atoms with van der Waals surface area (Å²) in [5.41, 5.74) is 5.86. The molecule has 3 heterocycles. The minimum absolute atomic E-state index is 0.152. The SMILES string of the molecule is COc1ccc(Cc2nc3c(c4c2[nH]c2ccccc24)CCN(C(=O)CCN(C)C)C3)cc1F. The van der Waals surface area contributed by atoms with Gasteiger partial charge in [-0.05, 0) is 49.8 Å². The molecule has 0 aliphatic carbocycles. The van der Waals surface area contributed by atoms with Gasteiger partial charge in [0, 0.05) is 42.2 Å². The van der Waals surface area contributed by atoms with Crippen LogP contribution in [0, 0.1) is 5.82 Å². The zero-order chi connectivity index (χ0) is 23.8. The van der Waals surface area contributed by atoms with Crippen LogP contribution >= 0.6 is 0 Å². The Labute approximate surface area is 198 Å². The van der Waals surface area contributed by atoms with E-state index in [-0.39, 0.29) is 17.5 Å². The predicted octanol–water partition coefficient (Wildman–Crippen LogP) is 4.29. The number of hydrogen-bond acceptors (Lipinski definition) is 4. The zero-order valence-corrected chi connectivity index (χ0v) is 19.8. The van der Waals surface area contributed by atoms with Crippen LogP contribution in [-0.2, 0) is 24.2 Å². The summed E-state index contributed by atoms with van der Waals surface area (Å²) >= 11 is 0. The molecule has 7 heteroatoms. The zero-order valence-electron chi connectivity index (χ0n) is 19.8. The van der Waals surface area contributed by atoms with Gasteiger partial charge in [0.1, 0.15) is 0 Å². The number of fused-ring (bicyclic) bond motifs is 5. The molecule has 0 unspecified atom stereocenters. The van der Waals surface area contributed by atoms with Gasteiger partial charge < -0.3 is 19.5 Å². The fraction of sp³-hybridized carbons (Fsp3) is 0.333. The molecule has 34 heavy (non-hydrogen) atoms. The molecule has 1 amide bonds. The summed E-state index contributed by atoms with van der Waals surface area (Å²) in [6, 6.07) is 13.3. The standard InChI is InChI=1S/C27H29FN4O2/c1-31(2)12-11-25(33)32-13-10-19-23(16-32)29-22(15-17-8-9-24(34-3)20(28)14-17)27-26(19)18-6-4-5-7-21(18)30-27/h4-9,14,30H,10-13,15-16H2,1-3H3. The molecule has 1 aliphatic heterocycles. The van der Waals surface area contributed by atoms with E-state index in [4.69, 9.17) is 9.72 Å². The number of carbonyl (C=O) groups is 1. The summed E-state index contributed by atoms with van der Waals surface area (Å²) in [6.07, 6.45) is 1.74. The quantitative estimate of drug-likeness (QED) is 0.466. The van der Waals surface area contributed by atoms with E-state index in [1.54, 1.807) is 6.07 Å². The first kappa shape index (κ1) is 22.3. The molecule has 0 fully saturated rings. The monoisotopic (exact) mass is 460 g/mol. The molecule has 0 bridgehead atoms. The van der Waals surface area contributed by atoms with E-state index < -0.39 is 0 Å². The average molecular weight is 461 g/mol. The third-order valence-corrected chi connectivity index (χ3v) is 6.60. The van der Waals surface area contributed by atoms with E-state index in [0.29, 0.717) is 25.9 Å². The lowest BCUT2D eigenvalue weighted by Crippen LogP contribution is -2.38. The Kier molecular flexibility index (Phi) is 5.96. The highest BCUT2D eigenvalue weighted by molar-refractivity contribution is 6.10. The van der Waals surface area contributed by atoms with Gasteiger partial charge in [-0.25, -0.2) is 4.39 Å². The molecule has 0 atom stereocenters. The second-order valence-electron chi connectivity index (χ2n) is 9.17. The number of pyridine rings is 1. The van der Waals surface area contributed by atoms with Crippen LogP contribution in [0.3, 0.4) is 0 Å². The van der Waals surface area contributed by atoms with E-state index in [1.165, 1.54) is 24.1 Å². The van der Waals surface area contributed by atoms with Crippen LogP contribution in [0.4, 0.5) is 4.39 Å². The lowest BCUT2D eigenvalue weighted by atomic mass is 9.96. The summed E-state index contributed by atoms with van der Waals surface area (Å²) in [7, 11) is 5.41. The Morgan fingerprint density at radius 2 is 2.06 bits per heavy atom. The van der Waals surface area contributed by atoms with E-state index in [9.17, 15) is 9.18 Å². The number of aromatic amines is 1. The summed E-state index contributed by atoms with van der Waals surface area (Å²) in [4.78, 5) is 25.4. The van der Waals surface area contributed by atoms with Gasteiger partial charge in [0.25, 0.3) is 0 Å². The second-order valence-corrected chi connectivity index (χ2v) is 9.17. The fourth-order valence-electron chi connectivity index (χ4n) is 4.84. The van der Waals surface area contributed by atoms with Crippen LogP contribution in [-0.4, -0.2) is 60.0 Å². The molecule has 0 saturated carbocycles. The Morgan fingerprint density at radius 1 is 1.24 bits per heavy atom. The van der Waals surface area contributed by atoms with Gasteiger partial charge in [-0.2, -0.15) is 0 Å². The number of H-pyrrole nitrogens is 1. The van der Waals surface area contributed by atoms with E-state index >= 15 is 0 Å². The Morgan fingerprint density at radius 3 is 2.82 bits per heavy atom. The number of amides is 1. The first-order valence-corrected chi connectivity index (χ1v) is 11.6. The van der Waals surface area contributed by atoms with Crippen molar-refractivity contribution in [3.05, 3.63) is 70.8 Å². The molecule has 0 spiro atoms. The van der Waals surface area contributed by atoms with Crippen molar-refractivity contribution in [2.75, 3.05) is 34.3 Å². The number of para-hydroxylation sites is 1. The highest BCUT2D eigenvalue weighted by atomic mass is 19.1. The smallest absolute Gasteiger partial charge is 0.224 e. The maximum absolute atomic E-state index is 14.4. The Hall–Kier alpha value is -3.45. The number of carbonyl (C=O) groups excluding carboxylic acids is 1. The number of aromatic nitrogens is 2. The van der Waals surface area contributed by atoms with Gasteiger partial charge in [-0.3, -0.25) is 9.78 Å². The van der Waals surface area contributed by atoms with E-state index in [2.05, 4.69) is 17.1 Å². The number of hydrogen-bond donors (Lipinski definition) is 1. The molecule has 6 nitrogen and oxygen atoms in total. The fourth-order valence-corrected chi connectivity index (χ4v) is 4.84. The molecule has 1 N–H and O–H groups in total. The van der Waals surface area contributed by atoms with Crippen molar-refractivity contribution in [1.29, 1.82) is 0 Å². The van der Waals surface area contributed by atoms with Crippen LogP contribution in [0.15, 0.2) is 42.5 Å². The van der Waals surface area contributed by atoms with Gasteiger partial charge in [0.05, 0.1) is 30.6 Å². The predicted molar refractivity (Wildman–Crippen MR) is 132 cm³/mol. The van der Waals surface area contributed by atoms with Crippen molar-refractivity contribution < 1.29 is 13.9 Å². The van der Waals surface area contributed by atoms with Crippen molar-refractivity contribution in [1.82, 2.24) is 19.8 Å². The van der Waals surface area contributed by atoms with Crippen LogP contribution in [0.1, 0.15) is 28.9 Å². The van der Waals surface area contributed by atoms with Crippen LogP contribution in [0.25, 0.3) is 21.8 Å².